The number of aldehydes is 1. The van der Waals surface area contributed by atoms with Gasteiger partial charge in [-0.3, -0.25) is 14.3 Å². The summed E-state index contributed by atoms with van der Waals surface area (Å²) in [4.78, 5) is 34.7. The minimum atomic E-state index is -0.740. The lowest BCUT2D eigenvalue weighted by molar-refractivity contribution is -0.0307. The summed E-state index contributed by atoms with van der Waals surface area (Å²) >= 11 is 6.03. The van der Waals surface area contributed by atoms with Gasteiger partial charge in [-0.05, 0) is 64.1 Å². The topological polar surface area (TPSA) is 77.3 Å². The van der Waals surface area contributed by atoms with Gasteiger partial charge in [-0.15, -0.1) is 0 Å². The molecule has 7 nitrogen and oxygen atoms in total. The molecule has 27 heavy (non-hydrogen) atoms. The highest BCUT2D eigenvalue weighted by molar-refractivity contribution is 6.28. The van der Waals surface area contributed by atoms with Gasteiger partial charge in [0.1, 0.15) is 16.9 Å². The Labute approximate surface area is 163 Å². The number of halogens is 1. The average Bonchev–Trinajstić information content (AvgIpc) is 2.98. The van der Waals surface area contributed by atoms with Gasteiger partial charge in [0.2, 0.25) is 5.28 Å². The minimum absolute atomic E-state index is 0.102. The molecule has 0 spiro atoms. The van der Waals surface area contributed by atoms with Gasteiger partial charge in [-0.25, -0.2) is 9.78 Å². The zero-order chi connectivity index (χ0) is 19.8. The summed E-state index contributed by atoms with van der Waals surface area (Å²) in [6.07, 6.45) is 6.31. The fourth-order valence-electron chi connectivity index (χ4n) is 3.84. The summed E-state index contributed by atoms with van der Waals surface area (Å²) < 4.78 is 7.45. The molecule has 0 saturated heterocycles. The largest absolute Gasteiger partial charge is 0.444 e. The highest BCUT2D eigenvalue weighted by atomic mass is 35.5. The third-order valence-electron chi connectivity index (χ3n) is 5.02. The maximum Gasteiger partial charge on any atom is 0.411 e. The molecule has 0 atom stereocenters. The molecule has 0 radical (unpaired) electrons. The van der Waals surface area contributed by atoms with Crippen molar-refractivity contribution in [3.8, 4) is 0 Å². The minimum Gasteiger partial charge on any atom is -0.444 e. The monoisotopic (exact) mass is 392 g/mol. The molecule has 146 valence electrons. The van der Waals surface area contributed by atoms with Crippen LogP contribution in [0.1, 0.15) is 63.4 Å². The third-order valence-corrected chi connectivity index (χ3v) is 5.21. The van der Waals surface area contributed by atoms with Crippen molar-refractivity contribution in [2.45, 2.75) is 64.1 Å². The summed E-state index contributed by atoms with van der Waals surface area (Å²) in [5, 5.41) is 0.814. The highest BCUT2D eigenvalue weighted by Crippen LogP contribution is 2.41. The predicted molar refractivity (Wildman–Crippen MR) is 103 cm³/mol. The molecule has 2 aromatic rings. The van der Waals surface area contributed by atoms with Crippen LogP contribution in [0, 0.1) is 0 Å². The van der Waals surface area contributed by atoms with Crippen molar-refractivity contribution < 1.29 is 14.3 Å². The standard InChI is InChI=1S/C19H25ClN4O3/c1-18(2,3)27-17(26)23(4)19(8-6-5-7-9-19)24-14(12-25)10-13-11-21-16(20)22-15(13)24/h10-12H,5-9H2,1-4H3. The molecule has 1 saturated carbocycles. The van der Waals surface area contributed by atoms with E-state index in [1.54, 1.807) is 24.2 Å². The zero-order valence-electron chi connectivity index (χ0n) is 16.2. The van der Waals surface area contributed by atoms with Gasteiger partial charge < -0.3 is 4.74 Å². The lowest BCUT2D eigenvalue weighted by Gasteiger charge is -2.46. The first-order valence-electron chi connectivity index (χ1n) is 9.14. The van der Waals surface area contributed by atoms with E-state index in [-0.39, 0.29) is 5.28 Å². The number of fused-ring (bicyclic) bond motifs is 1. The molecule has 1 aliphatic carbocycles. The first kappa shape index (κ1) is 19.6. The number of carbonyl (C=O) groups excluding carboxylic acids is 2. The van der Waals surface area contributed by atoms with Gasteiger partial charge in [0.05, 0.1) is 5.69 Å². The molecular formula is C19H25ClN4O3. The molecule has 2 aromatic heterocycles. The average molecular weight is 393 g/mol. The van der Waals surface area contributed by atoms with Crippen molar-refractivity contribution in [3.63, 3.8) is 0 Å². The van der Waals surface area contributed by atoms with Gasteiger partial charge in [0, 0.05) is 18.6 Å². The molecular weight excluding hydrogens is 368 g/mol. The molecule has 0 aromatic carbocycles. The van der Waals surface area contributed by atoms with Crippen LogP contribution < -0.4 is 0 Å². The molecule has 1 amide bonds. The third kappa shape index (κ3) is 3.65. The molecule has 1 aliphatic rings. The van der Waals surface area contributed by atoms with Crippen LogP contribution >= 0.6 is 11.6 Å². The maximum atomic E-state index is 12.9. The first-order chi connectivity index (χ1) is 12.7. The summed E-state index contributed by atoms with van der Waals surface area (Å²) in [5.41, 5.74) is -0.358. The van der Waals surface area contributed by atoms with Crippen LogP contribution in [-0.2, 0) is 10.4 Å². The van der Waals surface area contributed by atoms with Gasteiger partial charge in [-0.1, -0.05) is 6.42 Å². The van der Waals surface area contributed by atoms with Crippen molar-refractivity contribution >= 4 is 35.0 Å². The van der Waals surface area contributed by atoms with Gasteiger partial charge in [0.25, 0.3) is 0 Å². The second-order valence-electron chi connectivity index (χ2n) is 8.02. The van der Waals surface area contributed by atoms with E-state index in [0.717, 1.165) is 25.5 Å². The fraction of sp³-hybridized carbons (Fsp3) is 0.579. The van der Waals surface area contributed by atoms with Crippen molar-refractivity contribution in [2.24, 2.45) is 0 Å². The Bertz CT molecular complexity index is 866. The van der Waals surface area contributed by atoms with E-state index < -0.39 is 17.4 Å². The Morgan fingerprint density at radius 2 is 2.00 bits per heavy atom. The summed E-state index contributed by atoms with van der Waals surface area (Å²) in [6, 6.07) is 1.73. The lowest BCUT2D eigenvalue weighted by Crippen LogP contribution is -2.54. The summed E-state index contributed by atoms with van der Waals surface area (Å²) in [6.45, 7) is 5.50. The van der Waals surface area contributed by atoms with Crippen LogP contribution in [0.2, 0.25) is 5.28 Å². The number of aromatic nitrogens is 3. The first-order valence-corrected chi connectivity index (χ1v) is 9.52. The Morgan fingerprint density at radius 1 is 1.33 bits per heavy atom. The molecule has 8 heteroatoms. The van der Waals surface area contributed by atoms with Crippen LogP contribution in [0.25, 0.3) is 11.0 Å². The molecule has 0 bridgehead atoms. The predicted octanol–water partition coefficient (Wildman–Crippen LogP) is 4.38. The Hall–Kier alpha value is -2.15. The number of hydrogen-bond donors (Lipinski definition) is 0. The van der Waals surface area contributed by atoms with Crippen molar-refractivity contribution in [3.05, 3.63) is 23.2 Å². The summed E-state index contributed by atoms with van der Waals surface area (Å²) in [5.74, 6) is 0. The molecule has 3 rings (SSSR count). The normalized spacial score (nSPS) is 16.9. The van der Waals surface area contributed by atoms with Crippen LogP contribution in [0.3, 0.4) is 0 Å². The van der Waals surface area contributed by atoms with E-state index in [9.17, 15) is 9.59 Å². The SMILES string of the molecule is CN(C(=O)OC(C)(C)C)C1(n2c(C=O)cc3cnc(Cl)nc32)CCCCC1. The number of hydrogen-bond acceptors (Lipinski definition) is 5. The molecule has 1 fully saturated rings. The molecule has 0 unspecified atom stereocenters. The Kier molecular flexibility index (Phi) is 5.16. The van der Waals surface area contributed by atoms with E-state index in [0.29, 0.717) is 29.6 Å². The quantitative estimate of drug-likeness (QED) is 0.572. The zero-order valence-corrected chi connectivity index (χ0v) is 16.9. The number of carbonyl (C=O) groups is 2. The van der Waals surface area contributed by atoms with Crippen molar-refractivity contribution in [1.82, 2.24) is 19.4 Å². The Morgan fingerprint density at radius 3 is 2.59 bits per heavy atom. The van der Waals surface area contributed by atoms with E-state index in [1.807, 2.05) is 25.3 Å². The summed E-state index contributed by atoms with van der Waals surface area (Å²) in [7, 11) is 1.72. The van der Waals surface area contributed by atoms with E-state index in [2.05, 4.69) is 9.97 Å². The van der Waals surface area contributed by atoms with Crippen LogP contribution in [0.15, 0.2) is 12.3 Å². The van der Waals surface area contributed by atoms with Gasteiger partial charge in [0.15, 0.2) is 6.29 Å². The number of amides is 1. The van der Waals surface area contributed by atoms with Gasteiger partial charge in [-0.2, -0.15) is 4.98 Å². The Balaban J connectivity index is 2.18. The van der Waals surface area contributed by atoms with E-state index >= 15 is 0 Å². The second kappa shape index (κ2) is 7.11. The van der Waals surface area contributed by atoms with Crippen LogP contribution in [0.4, 0.5) is 4.79 Å². The van der Waals surface area contributed by atoms with Crippen molar-refractivity contribution in [1.29, 1.82) is 0 Å². The van der Waals surface area contributed by atoms with E-state index in [4.69, 9.17) is 16.3 Å². The number of rotatable bonds is 3. The molecule has 0 aliphatic heterocycles. The van der Waals surface area contributed by atoms with Crippen LogP contribution in [-0.4, -0.2) is 44.5 Å². The molecule has 0 N–H and O–H groups in total. The smallest absolute Gasteiger partial charge is 0.411 e. The van der Waals surface area contributed by atoms with Crippen molar-refractivity contribution in [2.75, 3.05) is 7.05 Å². The highest BCUT2D eigenvalue weighted by Gasteiger charge is 2.44. The van der Waals surface area contributed by atoms with Gasteiger partial charge >= 0.3 is 6.09 Å². The lowest BCUT2D eigenvalue weighted by atomic mass is 9.87. The van der Waals surface area contributed by atoms with E-state index in [1.165, 1.54) is 0 Å². The second-order valence-corrected chi connectivity index (χ2v) is 8.36. The number of nitrogens with zero attached hydrogens (tertiary/aromatic N) is 4. The maximum absolute atomic E-state index is 12.9. The van der Waals surface area contributed by atoms with Crippen LogP contribution in [0.5, 0.6) is 0 Å². The molecule has 2 heterocycles. The number of ether oxygens (including phenoxy) is 1. The fourth-order valence-corrected chi connectivity index (χ4v) is 3.97.